The summed E-state index contributed by atoms with van der Waals surface area (Å²) in [6.07, 6.45) is 34.3. The van der Waals surface area contributed by atoms with Crippen LogP contribution >= 0.6 is 31.3 Å². The molecule has 141 heavy (non-hydrogen) atoms. The van der Waals surface area contributed by atoms with Crippen molar-refractivity contribution in [2.24, 2.45) is 5.41 Å². The molecule has 0 spiro atoms. The first kappa shape index (κ1) is 111. The second kappa shape index (κ2) is 50.1. The fourth-order valence-corrected chi connectivity index (χ4v) is 23.1. The lowest BCUT2D eigenvalue weighted by Gasteiger charge is -2.33. The number of aliphatic hydroxyl groups excluding tert-OH is 3. The number of nitrogens with zero attached hydrogens (tertiary/aromatic N) is 6. The Morgan fingerprint density at radius 1 is 0.298 bits per heavy atom. The van der Waals surface area contributed by atoms with Gasteiger partial charge in [0.1, 0.15) is 0 Å². The molecule has 28 nitrogen and oxygen atoms in total. The summed E-state index contributed by atoms with van der Waals surface area (Å²) in [6.45, 7) is 28.8. The van der Waals surface area contributed by atoms with Crippen molar-refractivity contribution in [3.8, 4) is 0 Å². The van der Waals surface area contributed by atoms with Crippen molar-refractivity contribution in [3.63, 3.8) is 0 Å². The Labute approximate surface area is 834 Å². The van der Waals surface area contributed by atoms with Crippen LogP contribution in [0.5, 0.6) is 0 Å². The smallest absolute Gasteiger partial charge is 0.396 e. The number of para-hydroxylation sites is 6. The Morgan fingerprint density at radius 2 is 0.553 bits per heavy atom. The van der Waals surface area contributed by atoms with Crippen LogP contribution in [0.15, 0.2) is 254 Å². The first-order valence-electron chi connectivity index (χ1n) is 49.4. The van der Waals surface area contributed by atoms with Crippen LogP contribution in [0, 0.1) is 5.41 Å². The molecule has 4 atom stereocenters. The molecule has 0 saturated heterocycles. The van der Waals surface area contributed by atoms with Crippen molar-refractivity contribution in [1.82, 2.24) is 0 Å². The number of anilines is 3. The van der Waals surface area contributed by atoms with Gasteiger partial charge in [0.15, 0.2) is 36.8 Å². The van der Waals surface area contributed by atoms with Crippen molar-refractivity contribution in [2.45, 2.75) is 180 Å². The average Bonchev–Trinajstić information content (AvgIpc) is 1.61. The Bertz CT molecular complexity index is 5350. The number of aliphatic hydroxyl groups is 3. The number of rotatable bonds is 59. The van der Waals surface area contributed by atoms with Crippen LogP contribution in [-0.4, -0.2) is 217 Å². The topological polar surface area (TPSA) is 330 Å². The molecule has 0 amide bonds. The van der Waals surface area contributed by atoms with E-state index in [1.165, 1.54) is 23.6 Å². The van der Waals surface area contributed by atoms with Crippen molar-refractivity contribution in [1.29, 1.82) is 0 Å². The number of phosphoric acid groups is 4. The lowest BCUT2D eigenvalue weighted by atomic mass is 9.81. The lowest BCUT2D eigenvalue weighted by molar-refractivity contribution is -0.439. The number of hydrogen-bond donors (Lipinski definition) is 7. The molecule has 0 bridgehead atoms. The van der Waals surface area contributed by atoms with Gasteiger partial charge in [0.05, 0.1) is 94.3 Å². The number of hydrogen-bond acceptors (Lipinski definition) is 21. The van der Waals surface area contributed by atoms with Gasteiger partial charge in [-0.3, -0.25) is 36.2 Å². The minimum Gasteiger partial charge on any atom is -0.396 e. The molecule has 6 heterocycles. The fraction of sp³-hybridized carbons (Fsp3) is 0.477. The molecule has 0 fully saturated rings. The van der Waals surface area contributed by atoms with E-state index in [1.807, 2.05) is 109 Å². The zero-order valence-electron chi connectivity index (χ0n) is 84.4. The Kier molecular flexibility index (Phi) is 39.6. The van der Waals surface area contributed by atoms with E-state index in [2.05, 4.69) is 239 Å². The van der Waals surface area contributed by atoms with Crippen molar-refractivity contribution in [3.05, 3.63) is 287 Å². The molecular weight excluding hydrogens is 1870 g/mol. The highest BCUT2D eigenvalue weighted by Crippen LogP contribution is 2.54. The van der Waals surface area contributed by atoms with Crippen LogP contribution < -0.4 is 14.7 Å². The molecule has 6 aromatic rings. The first-order chi connectivity index (χ1) is 67.3. The summed E-state index contributed by atoms with van der Waals surface area (Å²) in [7, 11) is -18.5. The standard InChI is InChI=1S/C109H146N6O22P4/c1-14-130-138(119,120)137-84-109(81-127-72-42-78-134-139(121,122)131-75-39-66-113-94-54-33-27-48-88(94)106(8,9)100(113)60-21-15-18-57-97-103(2,3)85-45-24-30-51-91(85)110(97)63-36-69-116,82-128-73-43-79-135-140(123,124)132-76-40-67-114-95-55-34-28-49-89(95)107(10,11)101(114)61-22-16-19-58-98-104(4,5)86-46-25-31-52-92(86)111(98)64-37-70-117)83-129-74-44-80-136-141(125,126)133-77-41-68-115-96-56-35-29-50-90(96)108(12,13)102(115)62-23-17-20-59-99-105(6,7)87-47-26-32-53-93(87)112(99)65-38-71-118/h15-35,45-62,116-118H,14,36-44,63-84H2,1-13H3,(H-3,119,120,121,122,123,124,125,126)/p+3. The SMILES string of the molecule is CCOP(=O)(O)OCC(COCCCOP(=O)(O)OCCCN1/C(=C/C=C/C=C/C2=[N+](CCCO)c3ccccc3C2(C)C)C(C)(C)c2ccccc21)(COCCCOP(=O)(O)OCCCN1/C(=C/C=C/C=C/C2=[N+](CCCO)c3ccccc3C2(C)C)C(C)(C)c2ccccc21)COCCCOP(=O)(O)OCCCN1/C(=C/C=C/C=C/C2=[N+](CCCO)c3ccccc3C2(C)C)C(C)(C)c2ccccc21. The predicted octanol–water partition coefficient (Wildman–Crippen LogP) is 20.7. The van der Waals surface area contributed by atoms with E-state index in [1.54, 1.807) is 0 Å². The molecule has 764 valence electrons. The highest BCUT2D eigenvalue weighted by molar-refractivity contribution is 7.48. The molecule has 6 aliphatic rings. The minimum absolute atomic E-state index is 0.0704. The zero-order valence-corrected chi connectivity index (χ0v) is 87.9. The summed E-state index contributed by atoms with van der Waals surface area (Å²) in [6, 6.07) is 49.8. The normalized spacial score (nSPS) is 20.1. The molecule has 0 aliphatic carbocycles. The van der Waals surface area contributed by atoms with Gasteiger partial charge in [0.2, 0.25) is 17.1 Å². The van der Waals surface area contributed by atoms with Crippen molar-refractivity contribution < 1.29 is 117 Å². The molecular formula is C109H149N6O22P4+3. The van der Waals surface area contributed by atoms with Gasteiger partial charge in [-0.1, -0.05) is 205 Å². The Balaban J connectivity index is 0.648. The van der Waals surface area contributed by atoms with Gasteiger partial charge >= 0.3 is 31.3 Å². The number of fused-ring (bicyclic) bond motifs is 6. The number of benzene rings is 6. The van der Waals surface area contributed by atoms with Crippen molar-refractivity contribution in [2.75, 3.05) is 166 Å². The summed E-state index contributed by atoms with van der Waals surface area (Å²) >= 11 is 0. The molecule has 6 aromatic carbocycles. The van der Waals surface area contributed by atoms with Gasteiger partial charge in [-0.05, 0) is 140 Å². The van der Waals surface area contributed by atoms with Gasteiger partial charge in [-0.15, -0.1) is 0 Å². The van der Waals surface area contributed by atoms with Gasteiger partial charge in [-0.2, -0.15) is 13.7 Å². The van der Waals surface area contributed by atoms with E-state index < -0.39 is 43.3 Å². The average molecular weight is 2020 g/mol. The second-order valence-corrected chi connectivity index (χ2v) is 45.2. The summed E-state index contributed by atoms with van der Waals surface area (Å²) in [5.74, 6) is 0. The van der Waals surface area contributed by atoms with Gasteiger partial charge in [-0.25, -0.2) is 18.3 Å². The van der Waals surface area contributed by atoms with Crippen molar-refractivity contribution >= 4 is 82.6 Å². The van der Waals surface area contributed by atoms with Crippen LogP contribution in [0.4, 0.5) is 34.1 Å². The van der Waals surface area contributed by atoms with Gasteiger partial charge in [0.25, 0.3) is 0 Å². The first-order valence-corrected chi connectivity index (χ1v) is 55.4. The number of allylic oxidation sites excluding steroid dienone is 18. The highest BCUT2D eigenvalue weighted by Gasteiger charge is 2.49. The summed E-state index contributed by atoms with van der Waals surface area (Å²) in [5, 5.41) is 29.3. The minimum atomic E-state index is -4.69. The third-order valence-electron chi connectivity index (χ3n) is 27.1. The monoisotopic (exact) mass is 2020 g/mol. The molecule has 0 radical (unpaired) electrons. The molecule has 7 N–H and O–H groups in total. The van der Waals surface area contributed by atoms with E-state index in [-0.39, 0.29) is 157 Å². The summed E-state index contributed by atoms with van der Waals surface area (Å²) in [4.78, 5) is 50.6. The fourth-order valence-electron chi connectivity index (χ4n) is 19.9. The number of phosphoric ester groups is 4. The second-order valence-electron chi connectivity index (χ2n) is 39.4. The van der Waals surface area contributed by atoms with Crippen LogP contribution in [0.1, 0.15) is 181 Å². The molecule has 0 saturated carbocycles. The third-order valence-corrected chi connectivity index (χ3v) is 31.2. The zero-order chi connectivity index (χ0) is 101. The van der Waals surface area contributed by atoms with E-state index in [9.17, 15) is 53.2 Å². The van der Waals surface area contributed by atoms with E-state index in [4.69, 9.17) is 50.4 Å². The van der Waals surface area contributed by atoms with Gasteiger partial charge < -0.3 is 63.8 Å². The molecule has 12 rings (SSSR count). The van der Waals surface area contributed by atoms with E-state index in [0.29, 0.717) is 77.8 Å². The predicted molar refractivity (Wildman–Crippen MR) is 558 cm³/mol. The third kappa shape index (κ3) is 27.9. The number of ether oxygens (including phenoxy) is 3. The molecule has 4 unspecified atom stereocenters. The molecule has 6 aliphatic heterocycles. The highest BCUT2D eigenvalue weighted by atomic mass is 31.2. The Hall–Kier alpha value is -8.41. The quantitative estimate of drug-likeness (QED) is 0.00807. The van der Waals surface area contributed by atoms with Crippen LogP contribution in [0.3, 0.4) is 0 Å². The Morgan fingerprint density at radius 3 is 0.830 bits per heavy atom. The van der Waals surface area contributed by atoms with E-state index >= 15 is 0 Å². The van der Waals surface area contributed by atoms with Crippen LogP contribution in [0.2, 0.25) is 0 Å². The van der Waals surface area contributed by atoms with Gasteiger partial charge in [0, 0.05) is 182 Å². The largest absolute Gasteiger partial charge is 0.472 e. The maximum absolute atomic E-state index is 13.5. The molecule has 0 aromatic heterocycles. The lowest BCUT2D eigenvalue weighted by Crippen LogP contribution is -2.42. The molecule has 32 heteroatoms. The maximum atomic E-state index is 13.5. The maximum Gasteiger partial charge on any atom is 0.472 e. The summed E-state index contributed by atoms with van der Waals surface area (Å²) < 4.78 is 123. The summed E-state index contributed by atoms with van der Waals surface area (Å²) in [5.41, 5.74) is 16.9. The van der Waals surface area contributed by atoms with Crippen LogP contribution in [-0.2, 0) is 101 Å². The van der Waals surface area contributed by atoms with Crippen LogP contribution in [0.25, 0.3) is 0 Å². The van der Waals surface area contributed by atoms with E-state index in [0.717, 1.165) is 85.0 Å².